The standard InChI is InChI=1S/C17H15ClF3N3O2/c18-12-7-5-11(6-8-12)16(26)24-14-4-2-1-3-13(14)22-9-15(25)23-10-17(19,20)21/h1-8,22H,9-10H2,(H,23,25)(H,24,26). The van der Waals surface area contributed by atoms with Gasteiger partial charge >= 0.3 is 6.18 Å². The number of nitrogens with one attached hydrogen (secondary N) is 3. The van der Waals surface area contributed by atoms with Crippen molar-refractivity contribution in [2.45, 2.75) is 6.18 Å². The first-order valence-corrected chi connectivity index (χ1v) is 7.86. The van der Waals surface area contributed by atoms with E-state index in [9.17, 15) is 22.8 Å². The predicted molar refractivity (Wildman–Crippen MR) is 93.4 cm³/mol. The number of rotatable bonds is 6. The highest BCUT2D eigenvalue weighted by Crippen LogP contribution is 2.22. The second-order valence-corrected chi connectivity index (χ2v) is 5.69. The van der Waals surface area contributed by atoms with Crippen LogP contribution in [0.3, 0.4) is 0 Å². The number of alkyl halides is 3. The van der Waals surface area contributed by atoms with E-state index in [2.05, 4.69) is 10.6 Å². The smallest absolute Gasteiger partial charge is 0.374 e. The largest absolute Gasteiger partial charge is 0.405 e. The van der Waals surface area contributed by atoms with E-state index in [1.54, 1.807) is 53.8 Å². The maximum atomic E-state index is 12.2. The van der Waals surface area contributed by atoms with Gasteiger partial charge in [-0.25, -0.2) is 0 Å². The summed E-state index contributed by atoms with van der Waals surface area (Å²) in [7, 11) is 0. The van der Waals surface area contributed by atoms with E-state index >= 15 is 0 Å². The Bertz CT molecular complexity index is 780. The van der Waals surface area contributed by atoms with Crippen molar-refractivity contribution >= 4 is 34.8 Å². The number of benzene rings is 2. The fraction of sp³-hybridized carbons (Fsp3) is 0.176. The molecule has 0 atom stereocenters. The van der Waals surface area contributed by atoms with Gasteiger partial charge in [0.1, 0.15) is 6.54 Å². The van der Waals surface area contributed by atoms with E-state index < -0.39 is 24.5 Å². The number of carbonyl (C=O) groups is 2. The summed E-state index contributed by atoms with van der Waals surface area (Å²) in [4.78, 5) is 23.7. The summed E-state index contributed by atoms with van der Waals surface area (Å²) in [5.74, 6) is -1.21. The molecule has 2 aromatic carbocycles. The van der Waals surface area contributed by atoms with Gasteiger partial charge in [0.25, 0.3) is 5.91 Å². The summed E-state index contributed by atoms with van der Waals surface area (Å²) in [6.45, 7) is -1.77. The van der Waals surface area contributed by atoms with Gasteiger partial charge in [-0.2, -0.15) is 13.2 Å². The van der Waals surface area contributed by atoms with Gasteiger partial charge in [-0.05, 0) is 36.4 Å². The van der Waals surface area contributed by atoms with Crippen molar-refractivity contribution in [2.75, 3.05) is 23.7 Å². The molecule has 26 heavy (non-hydrogen) atoms. The molecule has 5 nitrogen and oxygen atoms in total. The Morgan fingerprint density at radius 3 is 2.19 bits per heavy atom. The van der Waals surface area contributed by atoms with E-state index in [4.69, 9.17) is 11.6 Å². The van der Waals surface area contributed by atoms with E-state index in [1.807, 2.05) is 0 Å². The van der Waals surface area contributed by atoms with Crippen molar-refractivity contribution in [1.29, 1.82) is 0 Å². The van der Waals surface area contributed by atoms with E-state index in [0.29, 0.717) is 22.0 Å². The summed E-state index contributed by atoms with van der Waals surface area (Å²) < 4.78 is 36.2. The van der Waals surface area contributed by atoms with Crippen molar-refractivity contribution in [3.05, 3.63) is 59.1 Å². The number of para-hydroxylation sites is 2. The molecule has 0 saturated carbocycles. The van der Waals surface area contributed by atoms with Gasteiger partial charge in [-0.1, -0.05) is 23.7 Å². The molecule has 0 heterocycles. The third kappa shape index (κ3) is 6.29. The van der Waals surface area contributed by atoms with Gasteiger partial charge in [-0.15, -0.1) is 0 Å². The third-order valence-electron chi connectivity index (χ3n) is 3.21. The zero-order valence-electron chi connectivity index (χ0n) is 13.4. The number of amides is 2. The van der Waals surface area contributed by atoms with Crippen LogP contribution in [-0.2, 0) is 4.79 Å². The topological polar surface area (TPSA) is 70.2 Å². The fourth-order valence-electron chi connectivity index (χ4n) is 1.98. The Balaban J connectivity index is 1.98. The minimum absolute atomic E-state index is 0.371. The highest BCUT2D eigenvalue weighted by Gasteiger charge is 2.27. The molecule has 2 aromatic rings. The molecule has 0 saturated heterocycles. The Hall–Kier alpha value is -2.74. The van der Waals surface area contributed by atoms with Crippen molar-refractivity contribution in [3.8, 4) is 0 Å². The molecule has 0 aliphatic rings. The maximum Gasteiger partial charge on any atom is 0.405 e. The Morgan fingerprint density at radius 2 is 1.58 bits per heavy atom. The van der Waals surface area contributed by atoms with Crippen LogP contribution in [0.5, 0.6) is 0 Å². The van der Waals surface area contributed by atoms with Crippen LogP contribution in [0.4, 0.5) is 24.5 Å². The number of carbonyl (C=O) groups excluding carboxylic acids is 2. The molecule has 2 rings (SSSR count). The SMILES string of the molecule is O=C(CNc1ccccc1NC(=O)c1ccc(Cl)cc1)NCC(F)(F)F. The second-order valence-electron chi connectivity index (χ2n) is 5.25. The predicted octanol–water partition coefficient (Wildman–Crippen LogP) is 3.68. The lowest BCUT2D eigenvalue weighted by Gasteiger charge is -2.13. The summed E-state index contributed by atoms with van der Waals surface area (Å²) in [6, 6.07) is 12.8. The minimum atomic E-state index is -4.47. The normalized spacial score (nSPS) is 10.9. The van der Waals surface area contributed by atoms with Crippen molar-refractivity contribution in [1.82, 2.24) is 5.32 Å². The van der Waals surface area contributed by atoms with Crippen molar-refractivity contribution in [2.24, 2.45) is 0 Å². The first kappa shape index (κ1) is 19.6. The summed E-state index contributed by atoms with van der Waals surface area (Å²) >= 11 is 5.78. The first-order chi connectivity index (χ1) is 12.2. The van der Waals surface area contributed by atoms with E-state index in [-0.39, 0.29) is 6.54 Å². The Morgan fingerprint density at radius 1 is 0.962 bits per heavy atom. The average molecular weight is 386 g/mol. The highest BCUT2D eigenvalue weighted by molar-refractivity contribution is 6.30. The number of hydrogen-bond acceptors (Lipinski definition) is 3. The van der Waals surface area contributed by atoms with Crippen LogP contribution in [-0.4, -0.2) is 31.1 Å². The first-order valence-electron chi connectivity index (χ1n) is 7.48. The zero-order chi connectivity index (χ0) is 19.2. The highest BCUT2D eigenvalue weighted by atomic mass is 35.5. The lowest BCUT2D eigenvalue weighted by Crippen LogP contribution is -2.37. The lowest BCUT2D eigenvalue weighted by molar-refractivity contribution is -0.137. The summed E-state index contributed by atoms with van der Waals surface area (Å²) in [5, 5.41) is 7.62. The molecule has 0 unspecified atom stereocenters. The molecular weight excluding hydrogens is 371 g/mol. The maximum absolute atomic E-state index is 12.2. The van der Waals surface area contributed by atoms with E-state index in [1.165, 1.54) is 0 Å². The zero-order valence-corrected chi connectivity index (χ0v) is 14.1. The molecule has 0 bridgehead atoms. The second kappa shape index (κ2) is 8.57. The quantitative estimate of drug-likeness (QED) is 0.710. The number of hydrogen-bond donors (Lipinski definition) is 3. The van der Waals surface area contributed by atoms with Crippen molar-refractivity contribution < 1.29 is 22.8 Å². The molecule has 0 aliphatic carbocycles. The van der Waals surface area contributed by atoms with Gasteiger partial charge in [0.2, 0.25) is 5.91 Å². The molecular formula is C17H15ClF3N3O2. The number of halogens is 4. The van der Waals surface area contributed by atoms with Gasteiger partial charge < -0.3 is 16.0 Å². The van der Waals surface area contributed by atoms with Gasteiger partial charge in [0.15, 0.2) is 0 Å². The Labute approximate surface area is 152 Å². The van der Waals surface area contributed by atoms with Crippen LogP contribution in [0.2, 0.25) is 5.02 Å². The Kier molecular flexibility index (Phi) is 6.46. The van der Waals surface area contributed by atoms with Crippen molar-refractivity contribution in [3.63, 3.8) is 0 Å². The molecule has 3 N–H and O–H groups in total. The van der Waals surface area contributed by atoms with Gasteiger partial charge in [-0.3, -0.25) is 9.59 Å². The minimum Gasteiger partial charge on any atom is -0.374 e. The van der Waals surface area contributed by atoms with Crippen LogP contribution in [0.25, 0.3) is 0 Å². The van der Waals surface area contributed by atoms with Gasteiger partial charge in [0.05, 0.1) is 17.9 Å². The fourth-order valence-corrected chi connectivity index (χ4v) is 2.10. The molecule has 0 radical (unpaired) electrons. The molecule has 138 valence electrons. The van der Waals surface area contributed by atoms with E-state index in [0.717, 1.165) is 0 Å². The molecule has 0 spiro atoms. The summed E-state index contributed by atoms with van der Waals surface area (Å²) in [5.41, 5.74) is 1.17. The molecule has 0 fully saturated rings. The van der Waals surface area contributed by atoms with Crippen LogP contribution < -0.4 is 16.0 Å². The molecule has 0 aromatic heterocycles. The summed E-state index contributed by atoms with van der Waals surface area (Å²) in [6.07, 6.45) is -4.47. The van der Waals surface area contributed by atoms with Crippen LogP contribution in [0, 0.1) is 0 Å². The molecule has 2 amide bonds. The van der Waals surface area contributed by atoms with Crippen LogP contribution in [0.1, 0.15) is 10.4 Å². The van der Waals surface area contributed by atoms with Crippen LogP contribution >= 0.6 is 11.6 Å². The van der Waals surface area contributed by atoms with Gasteiger partial charge in [0, 0.05) is 10.6 Å². The van der Waals surface area contributed by atoms with Crippen LogP contribution in [0.15, 0.2) is 48.5 Å². The lowest BCUT2D eigenvalue weighted by atomic mass is 10.2. The average Bonchev–Trinajstić information content (AvgIpc) is 2.59. The number of anilines is 2. The monoisotopic (exact) mass is 385 g/mol. The molecule has 0 aliphatic heterocycles. The molecule has 9 heteroatoms. The third-order valence-corrected chi connectivity index (χ3v) is 3.46.